The fourth-order valence-corrected chi connectivity index (χ4v) is 1.43. The third kappa shape index (κ3) is 2.99. The van der Waals surface area contributed by atoms with Gasteiger partial charge in [-0.25, -0.2) is 0 Å². The average Bonchev–Trinajstić information content (AvgIpc) is 3.12. The number of carbonyl (C=O) groups excluding carboxylic acids is 1. The Bertz CT molecular complexity index is 355. The average molecular weight is 219 g/mol. The van der Waals surface area contributed by atoms with Crippen LogP contribution in [-0.2, 0) is 4.79 Å². The second-order valence-corrected chi connectivity index (χ2v) is 4.15. The van der Waals surface area contributed by atoms with Crippen molar-refractivity contribution in [2.24, 2.45) is 5.92 Å². The van der Waals surface area contributed by atoms with Crippen LogP contribution in [0, 0.1) is 5.92 Å². The molecule has 0 amide bonds. The summed E-state index contributed by atoms with van der Waals surface area (Å²) < 4.78 is 5.23. The maximum atomic E-state index is 11.4. The lowest BCUT2D eigenvalue weighted by molar-refractivity contribution is -0.135. The van der Waals surface area contributed by atoms with Crippen molar-refractivity contribution < 1.29 is 9.53 Å². The van der Waals surface area contributed by atoms with E-state index in [1.165, 1.54) is 0 Å². The summed E-state index contributed by atoms with van der Waals surface area (Å²) in [7, 11) is 0. The predicted molar refractivity (Wildman–Crippen MR) is 63.6 cm³/mol. The monoisotopic (exact) mass is 219 g/mol. The highest BCUT2D eigenvalue weighted by Gasteiger charge is 2.31. The second-order valence-electron chi connectivity index (χ2n) is 4.15. The SMILES string of the molecule is CCCNc1ccc(OC(=O)C2CC2)cc1. The van der Waals surface area contributed by atoms with Gasteiger partial charge in [0, 0.05) is 12.2 Å². The normalized spacial score (nSPS) is 14.6. The Balaban J connectivity index is 1.88. The zero-order valence-electron chi connectivity index (χ0n) is 9.53. The highest BCUT2D eigenvalue weighted by molar-refractivity contribution is 5.77. The molecule has 0 atom stereocenters. The summed E-state index contributed by atoms with van der Waals surface area (Å²) in [6.45, 7) is 3.08. The van der Waals surface area contributed by atoms with Crippen LogP contribution in [0.3, 0.4) is 0 Å². The number of rotatable bonds is 5. The molecule has 0 spiro atoms. The minimum atomic E-state index is -0.0886. The van der Waals surface area contributed by atoms with Gasteiger partial charge >= 0.3 is 5.97 Å². The highest BCUT2D eigenvalue weighted by Crippen LogP contribution is 2.30. The van der Waals surface area contributed by atoms with E-state index in [1.807, 2.05) is 24.3 Å². The molecule has 1 saturated carbocycles. The molecule has 1 aliphatic rings. The second kappa shape index (κ2) is 5.01. The summed E-state index contributed by atoms with van der Waals surface area (Å²) in [5.74, 6) is 0.700. The molecule has 0 aromatic heterocycles. The Morgan fingerprint density at radius 3 is 2.62 bits per heavy atom. The molecule has 1 aromatic rings. The molecule has 0 heterocycles. The zero-order chi connectivity index (χ0) is 11.4. The van der Waals surface area contributed by atoms with Crippen molar-refractivity contribution in [3.05, 3.63) is 24.3 Å². The Morgan fingerprint density at radius 1 is 1.38 bits per heavy atom. The summed E-state index contributed by atoms with van der Waals surface area (Å²) in [6.07, 6.45) is 3.06. The summed E-state index contributed by atoms with van der Waals surface area (Å²) in [5.41, 5.74) is 1.06. The largest absolute Gasteiger partial charge is 0.426 e. The van der Waals surface area contributed by atoms with E-state index in [-0.39, 0.29) is 11.9 Å². The lowest BCUT2D eigenvalue weighted by atomic mass is 10.3. The molecule has 86 valence electrons. The van der Waals surface area contributed by atoms with Crippen LogP contribution in [0.5, 0.6) is 5.75 Å². The number of hydrogen-bond donors (Lipinski definition) is 1. The van der Waals surface area contributed by atoms with Gasteiger partial charge < -0.3 is 10.1 Å². The quantitative estimate of drug-likeness (QED) is 0.611. The van der Waals surface area contributed by atoms with Gasteiger partial charge in [0.2, 0.25) is 0 Å². The van der Waals surface area contributed by atoms with Crippen LogP contribution in [0.25, 0.3) is 0 Å². The summed E-state index contributed by atoms with van der Waals surface area (Å²) in [4.78, 5) is 11.4. The van der Waals surface area contributed by atoms with E-state index in [4.69, 9.17) is 4.74 Å². The van der Waals surface area contributed by atoms with E-state index in [0.29, 0.717) is 5.75 Å². The van der Waals surface area contributed by atoms with Crippen LogP contribution >= 0.6 is 0 Å². The molecule has 3 nitrogen and oxygen atoms in total. The van der Waals surface area contributed by atoms with Crippen LogP contribution in [0.4, 0.5) is 5.69 Å². The number of carbonyl (C=O) groups is 1. The van der Waals surface area contributed by atoms with Gasteiger partial charge in [0.05, 0.1) is 5.92 Å². The van der Waals surface area contributed by atoms with Crippen molar-refractivity contribution in [3.8, 4) is 5.75 Å². The Hall–Kier alpha value is -1.51. The van der Waals surface area contributed by atoms with E-state index < -0.39 is 0 Å². The van der Waals surface area contributed by atoms with Crippen molar-refractivity contribution in [1.29, 1.82) is 0 Å². The van der Waals surface area contributed by atoms with Gasteiger partial charge in [-0.1, -0.05) is 6.92 Å². The van der Waals surface area contributed by atoms with Crippen molar-refractivity contribution >= 4 is 11.7 Å². The summed E-state index contributed by atoms with van der Waals surface area (Å²) in [5, 5.41) is 3.27. The molecular weight excluding hydrogens is 202 g/mol. The number of hydrogen-bond acceptors (Lipinski definition) is 3. The number of nitrogens with one attached hydrogen (secondary N) is 1. The first-order valence-corrected chi connectivity index (χ1v) is 5.85. The van der Waals surface area contributed by atoms with Crippen molar-refractivity contribution in [1.82, 2.24) is 0 Å². The lowest BCUT2D eigenvalue weighted by Gasteiger charge is -2.06. The first kappa shape index (κ1) is 11.0. The van der Waals surface area contributed by atoms with Crippen molar-refractivity contribution in [2.45, 2.75) is 26.2 Å². The molecule has 0 radical (unpaired) electrons. The third-order valence-electron chi connectivity index (χ3n) is 2.56. The Morgan fingerprint density at radius 2 is 2.06 bits per heavy atom. The fourth-order valence-electron chi connectivity index (χ4n) is 1.43. The molecule has 1 fully saturated rings. The van der Waals surface area contributed by atoms with Gasteiger partial charge in [0.25, 0.3) is 0 Å². The molecule has 1 N–H and O–H groups in total. The van der Waals surface area contributed by atoms with Crippen LogP contribution < -0.4 is 10.1 Å². The van der Waals surface area contributed by atoms with E-state index in [1.54, 1.807) is 0 Å². The maximum Gasteiger partial charge on any atom is 0.314 e. The molecule has 1 aromatic carbocycles. The van der Waals surface area contributed by atoms with E-state index in [9.17, 15) is 4.79 Å². The topological polar surface area (TPSA) is 38.3 Å². The number of esters is 1. The van der Waals surface area contributed by atoms with Gasteiger partial charge in [-0.2, -0.15) is 0 Å². The molecular formula is C13H17NO2. The van der Waals surface area contributed by atoms with Gasteiger partial charge in [0.1, 0.15) is 5.75 Å². The summed E-state index contributed by atoms with van der Waals surface area (Å²) >= 11 is 0. The molecule has 0 saturated heterocycles. The van der Waals surface area contributed by atoms with Crippen LogP contribution in [0.2, 0.25) is 0 Å². The molecule has 1 aliphatic carbocycles. The molecule has 0 aliphatic heterocycles. The Labute approximate surface area is 95.8 Å². The molecule has 16 heavy (non-hydrogen) atoms. The minimum Gasteiger partial charge on any atom is -0.426 e. The molecule has 0 bridgehead atoms. The number of benzene rings is 1. The zero-order valence-corrected chi connectivity index (χ0v) is 9.53. The van der Waals surface area contributed by atoms with Crippen LogP contribution in [-0.4, -0.2) is 12.5 Å². The van der Waals surface area contributed by atoms with E-state index in [0.717, 1.165) is 31.5 Å². The van der Waals surface area contributed by atoms with Gasteiger partial charge in [0.15, 0.2) is 0 Å². The highest BCUT2D eigenvalue weighted by atomic mass is 16.5. The van der Waals surface area contributed by atoms with Crippen molar-refractivity contribution in [2.75, 3.05) is 11.9 Å². The fraction of sp³-hybridized carbons (Fsp3) is 0.462. The number of ether oxygens (including phenoxy) is 1. The third-order valence-corrected chi connectivity index (χ3v) is 2.56. The van der Waals surface area contributed by atoms with Crippen LogP contribution in [0.15, 0.2) is 24.3 Å². The molecule has 0 unspecified atom stereocenters. The van der Waals surface area contributed by atoms with Gasteiger partial charge in [-0.15, -0.1) is 0 Å². The predicted octanol–water partition coefficient (Wildman–Crippen LogP) is 2.82. The van der Waals surface area contributed by atoms with E-state index >= 15 is 0 Å². The maximum absolute atomic E-state index is 11.4. The lowest BCUT2D eigenvalue weighted by Crippen LogP contribution is -2.09. The Kier molecular flexibility index (Phi) is 3.44. The summed E-state index contributed by atoms with van der Waals surface area (Å²) in [6, 6.07) is 7.53. The minimum absolute atomic E-state index is 0.0886. The first-order chi connectivity index (χ1) is 7.79. The van der Waals surface area contributed by atoms with Crippen LogP contribution in [0.1, 0.15) is 26.2 Å². The van der Waals surface area contributed by atoms with E-state index in [2.05, 4.69) is 12.2 Å². The first-order valence-electron chi connectivity index (χ1n) is 5.85. The molecule has 2 rings (SSSR count). The standard InChI is InChI=1S/C13H17NO2/c1-2-9-14-11-5-7-12(8-6-11)16-13(15)10-3-4-10/h5-8,10,14H,2-4,9H2,1H3. The van der Waals surface area contributed by atoms with Gasteiger partial charge in [-0.05, 0) is 43.5 Å². The number of anilines is 1. The smallest absolute Gasteiger partial charge is 0.314 e. The van der Waals surface area contributed by atoms with Crippen molar-refractivity contribution in [3.63, 3.8) is 0 Å². The van der Waals surface area contributed by atoms with Gasteiger partial charge in [-0.3, -0.25) is 4.79 Å². The molecule has 3 heteroatoms.